The topological polar surface area (TPSA) is 46.6 Å². The summed E-state index contributed by atoms with van der Waals surface area (Å²) in [6.07, 6.45) is 3.47. The number of carbonyl (C=O) groups is 2. The molecule has 1 unspecified atom stereocenters. The van der Waals surface area contributed by atoms with Gasteiger partial charge in [-0.15, -0.1) is 11.3 Å². The van der Waals surface area contributed by atoms with Crippen LogP contribution in [-0.4, -0.2) is 18.0 Å². The molecule has 0 radical (unpaired) electrons. The van der Waals surface area contributed by atoms with Crippen molar-refractivity contribution in [1.82, 2.24) is 0 Å². The van der Waals surface area contributed by atoms with Gasteiger partial charge in [0.1, 0.15) is 4.88 Å². The van der Waals surface area contributed by atoms with E-state index in [0.717, 1.165) is 30.6 Å². The van der Waals surface area contributed by atoms with Gasteiger partial charge < -0.3 is 4.74 Å². The third kappa shape index (κ3) is 4.25. The number of amides is 1. The van der Waals surface area contributed by atoms with Gasteiger partial charge >= 0.3 is 5.97 Å². The fraction of sp³-hybridized carbons (Fsp3) is 0.250. The van der Waals surface area contributed by atoms with Crippen LogP contribution in [0.5, 0.6) is 0 Å². The van der Waals surface area contributed by atoms with Crippen LogP contribution in [0.4, 0.5) is 11.4 Å². The highest BCUT2D eigenvalue weighted by atomic mass is 32.1. The first kappa shape index (κ1) is 19.4. The number of fused-ring (bicyclic) bond motifs is 1. The summed E-state index contributed by atoms with van der Waals surface area (Å²) in [5, 5.41) is 0. The third-order valence-corrected chi connectivity index (χ3v) is 6.30. The molecule has 148 valence electrons. The lowest BCUT2D eigenvalue weighted by molar-refractivity contribution is -0.125. The van der Waals surface area contributed by atoms with Gasteiger partial charge in [0.25, 0.3) is 5.91 Å². The van der Waals surface area contributed by atoms with E-state index in [2.05, 4.69) is 0 Å². The van der Waals surface area contributed by atoms with Crippen LogP contribution in [-0.2, 0) is 22.4 Å². The number of rotatable bonds is 5. The van der Waals surface area contributed by atoms with Gasteiger partial charge in [-0.1, -0.05) is 36.4 Å². The first-order chi connectivity index (χ1) is 14.1. The maximum atomic E-state index is 13.3. The second-order valence-electron chi connectivity index (χ2n) is 7.16. The summed E-state index contributed by atoms with van der Waals surface area (Å²) in [6.45, 7) is 1.63. The summed E-state index contributed by atoms with van der Waals surface area (Å²) in [5.41, 5.74) is 2.72. The predicted octanol–water partition coefficient (Wildman–Crippen LogP) is 5.54. The number of nitrogens with zero attached hydrogens (tertiary/aromatic N) is 1. The zero-order valence-electron chi connectivity index (χ0n) is 16.3. The van der Waals surface area contributed by atoms with Crippen molar-refractivity contribution in [3.8, 4) is 0 Å². The molecule has 0 aliphatic heterocycles. The Morgan fingerprint density at radius 3 is 2.10 bits per heavy atom. The minimum absolute atomic E-state index is 0.280. The SMILES string of the molecule is CC(OC(=O)c1cc2c(s1)CCCC2)C(=O)N(c1ccccc1)c1ccccc1. The highest BCUT2D eigenvalue weighted by molar-refractivity contribution is 7.14. The van der Waals surface area contributed by atoms with Crippen LogP contribution in [0.3, 0.4) is 0 Å². The number of carbonyl (C=O) groups excluding carboxylic acids is 2. The summed E-state index contributed by atoms with van der Waals surface area (Å²) < 4.78 is 5.58. The molecule has 1 amide bonds. The molecule has 5 heteroatoms. The Hall–Kier alpha value is -2.92. The van der Waals surface area contributed by atoms with Crippen molar-refractivity contribution in [2.75, 3.05) is 4.90 Å². The van der Waals surface area contributed by atoms with Crippen LogP contribution in [0.1, 0.15) is 39.9 Å². The quantitative estimate of drug-likeness (QED) is 0.524. The molecule has 1 heterocycles. The minimum atomic E-state index is -0.901. The molecule has 0 spiro atoms. The highest BCUT2D eigenvalue weighted by Gasteiger charge is 2.28. The molecule has 0 fully saturated rings. The van der Waals surface area contributed by atoms with Gasteiger partial charge in [-0.3, -0.25) is 9.69 Å². The van der Waals surface area contributed by atoms with Gasteiger partial charge in [-0.25, -0.2) is 4.79 Å². The maximum Gasteiger partial charge on any atom is 0.349 e. The molecule has 2 aromatic carbocycles. The van der Waals surface area contributed by atoms with E-state index in [9.17, 15) is 9.59 Å². The lowest BCUT2D eigenvalue weighted by Crippen LogP contribution is -2.37. The molecular formula is C24H23NO3S. The van der Waals surface area contributed by atoms with E-state index in [1.807, 2.05) is 66.7 Å². The molecule has 3 aromatic rings. The number of thiophene rings is 1. The van der Waals surface area contributed by atoms with Crippen molar-refractivity contribution in [3.05, 3.63) is 82.0 Å². The summed E-state index contributed by atoms with van der Waals surface area (Å²) in [7, 11) is 0. The first-order valence-electron chi connectivity index (χ1n) is 9.90. The highest BCUT2D eigenvalue weighted by Crippen LogP contribution is 2.31. The number of anilines is 2. The molecule has 1 atom stereocenters. The van der Waals surface area contributed by atoms with Gasteiger partial charge in [0, 0.05) is 16.3 Å². The van der Waals surface area contributed by atoms with Gasteiger partial charge in [0.15, 0.2) is 6.10 Å². The van der Waals surface area contributed by atoms with Crippen LogP contribution in [0, 0.1) is 0 Å². The van der Waals surface area contributed by atoms with Crippen LogP contribution in [0.15, 0.2) is 66.7 Å². The van der Waals surface area contributed by atoms with E-state index >= 15 is 0 Å². The van der Waals surface area contributed by atoms with E-state index in [4.69, 9.17) is 4.74 Å². The number of ether oxygens (including phenoxy) is 1. The zero-order chi connectivity index (χ0) is 20.2. The molecule has 1 aliphatic rings. The van der Waals surface area contributed by atoms with Crippen molar-refractivity contribution >= 4 is 34.6 Å². The Bertz CT molecular complexity index is 934. The molecule has 0 saturated carbocycles. The van der Waals surface area contributed by atoms with Crippen molar-refractivity contribution in [2.24, 2.45) is 0 Å². The second kappa shape index (κ2) is 8.62. The molecule has 4 nitrogen and oxygen atoms in total. The second-order valence-corrected chi connectivity index (χ2v) is 8.30. The lowest BCUT2D eigenvalue weighted by atomic mass is 9.99. The van der Waals surface area contributed by atoms with Gasteiger partial charge in [0.05, 0.1) is 0 Å². The molecular weight excluding hydrogens is 382 g/mol. The molecule has 1 aromatic heterocycles. The summed E-state index contributed by atoms with van der Waals surface area (Å²) in [5.74, 6) is -0.705. The summed E-state index contributed by atoms with van der Waals surface area (Å²) in [6, 6.07) is 20.7. The monoisotopic (exact) mass is 405 g/mol. The van der Waals surface area contributed by atoms with Crippen LogP contribution >= 0.6 is 11.3 Å². The minimum Gasteiger partial charge on any atom is -0.448 e. The summed E-state index contributed by atoms with van der Waals surface area (Å²) in [4.78, 5) is 29.4. The van der Waals surface area contributed by atoms with Gasteiger partial charge in [-0.2, -0.15) is 0 Å². The predicted molar refractivity (Wildman–Crippen MR) is 116 cm³/mol. The van der Waals surface area contributed by atoms with Crippen LogP contribution in [0.2, 0.25) is 0 Å². The fourth-order valence-electron chi connectivity index (χ4n) is 3.60. The smallest absolute Gasteiger partial charge is 0.349 e. The number of benzene rings is 2. The average molecular weight is 406 g/mol. The molecule has 0 bridgehead atoms. The fourth-order valence-corrected chi connectivity index (χ4v) is 4.74. The number of hydrogen-bond acceptors (Lipinski definition) is 4. The van der Waals surface area contributed by atoms with Crippen molar-refractivity contribution < 1.29 is 14.3 Å². The van der Waals surface area contributed by atoms with Crippen molar-refractivity contribution in [1.29, 1.82) is 0 Å². The van der Waals surface area contributed by atoms with E-state index in [1.54, 1.807) is 11.8 Å². The van der Waals surface area contributed by atoms with Crippen molar-refractivity contribution in [3.63, 3.8) is 0 Å². The zero-order valence-corrected chi connectivity index (χ0v) is 17.2. The number of aryl methyl sites for hydroxylation is 2. The van der Waals surface area contributed by atoms with Gasteiger partial charge in [-0.05, 0) is 68.5 Å². The Kier molecular flexibility index (Phi) is 5.76. The van der Waals surface area contributed by atoms with E-state index < -0.39 is 12.1 Å². The largest absolute Gasteiger partial charge is 0.448 e. The van der Waals surface area contributed by atoms with Gasteiger partial charge in [0.2, 0.25) is 0 Å². The molecule has 1 aliphatic carbocycles. The molecule has 0 saturated heterocycles. The Morgan fingerprint density at radius 2 is 1.52 bits per heavy atom. The number of hydrogen-bond donors (Lipinski definition) is 0. The van der Waals surface area contributed by atoms with Crippen molar-refractivity contribution in [2.45, 2.75) is 38.7 Å². The number of esters is 1. The van der Waals surface area contributed by atoms with E-state index in [1.165, 1.54) is 28.2 Å². The molecule has 4 rings (SSSR count). The number of para-hydroxylation sites is 2. The lowest BCUT2D eigenvalue weighted by Gasteiger charge is -2.25. The summed E-state index contributed by atoms with van der Waals surface area (Å²) >= 11 is 1.50. The average Bonchev–Trinajstić information content (AvgIpc) is 3.20. The third-order valence-electron chi connectivity index (χ3n) is 5.08. The van der Waals surface area contributed by atoms with E-state index in [-0.39, 0.29) is 5.91 Å². The van der Waals surface area contributed by atoms with E-state index in [0.29, 0.717) is 4.88 Å². The van der Waals surface area contributed by atoms with Crippen LogP contribution in [0.25, 0.3) is 0 Å². The maximum absolute atomic E-state index is 13.3. The Labute approximate surface area is 174 Å². The molecule has 29 heavy (non-hydrogen) atoms. The normalized spacial score (nSPS) is 14.0. The van der Waals surface area contributed by atoms with Crippen LogP contribution < -0.4 is 4.90 Å². The Morgan fingerprint density at radius 1 is 0.931 bits per heavy atom. The standard InChI is InChI=1S/C24H23NO3S/c1-17(28-24(27)22-16-18-10-8-9-15-21(18)29-22)23(26)25(19-11-4-2-5-12-19)20-13-6-3-7-14-20/h2-7,11-14,16-17H,8-10,15H2,1H3. The molecule has 0 N–H and O–H groups in total. The first-order valence-corrected chi connectivity index (χ1v) is 10.7. The Balaban J connectivity index is 1.54.